The summed E-state index contributed by atoms with van der Waals surface area (Å²) in [5.41, 5.74) is 4.61. The number of aryl methyl sites for hydroxylation is 1. The highest BCUT2D eigenvalue weighted by molar-refractivity contribution is 7.99. The van der Waals surface area contributed by atoms with Crippen LogP contribution in [-0.2, 0) is 16.0 Å². The molecule has 1 unspecified atom stereocenters. The van der Waals surface area contributed by atoms with Gasteiger partial charge < -0.3 is 10.1 Å². The normalized spacial score (nSPS) is 15.1. The maximum atomic E-state index is 11.0. The summed E-state index contributed by atoms with van der Waals surface area (Å²) >= 11 is 1.84. The molecular weight excluding hydrogens is 446 g/mol. The quantitative estimate of drug-likeness (QED) is 0.260. The van der Waals surface area contributed by atoms with Crippen molar-refractivity contribution >= 4 is 29.9 Å². The second-order valence-electron chi connectivity index (χ2n) is 7.98. The Balaban J connectivity index is 1.59. The summed E-state index contributed by atoms with van der Waals surface area (Å²) in [5, 5.41) is 12.3. The molecule has 0 fully saturated rings. The van der Waals surface area contributed by atoms with Gasteiger partial charge in [0.1, 0.15) is 6.17 Å². The number of benzene rings is 2. The summed E-state index contributed by atoms with van der Waals surface area (Å²) in [6.45, 7) is 2.89. The second kappa shape index (κ2) is 11.7. The molecule has 0 aliphatic carbocycles. The van der Waals surface area contributed by atoms with Gasteiger partial charge in [-0.05, 0) is 59.9 Å². The Morgan fingerprint density at radius 3 is 2.82 bits per heavy atom. The van der Waals surface area contributed by atoms with Crippen molar-refractivity contribution in [2.24, 2.45) is 5.10 Å². The Morgan fingerprint density at radius 1 is 1.18 bits per heavy atom. The fraction of sp³-hybridized carbons (Fsp3) is 0.269. The molecule has 0 saturated heterocycles. The van der Waals surface area contributed by atoms with Crippen LogP contribution in [0, 0.1) is 6.92 Å². The number of pyridine rings is 1. The molecule has 3 aromatic rings. The van der Waals surface area contributed by atoms with E-state index < -0.39 is 0 Å². The van der Waals surface area contributed by atoms with Crippen LogP contribution in [0.2, 0.25) is 0 Å². The predicted octanol–water partition coefficient (Wildman–Crippen LogP) is 4.18. The fourth-order valence-corrected chi connectivity index (χ4v) is 4.71. The molecule has 2 heterocycles. The number of ether oxygens (including phenoxy) is 1. The monoisotopic (exact) mass is 475 g/mol. The third-order valence-corrected chi connectivity index (χ3v) is 6.62. The number of methoxy groups -OCH3 is 1. The number of hydrogen-bond acceptors (Lipinski definition) is 7. The summed E-state index contributed by atoms with van der Waals surface area (Å²) in [5.74, 6) is 2.14. The first-order valence-corrected chi connectivity index (χ1v) is 12.2. The molecule has 4 rings (SSSR count). The number of amides is 1. The van der Waals surface area contributed by atoms with Crippen LogP contribution in [0.3, 0.4) is 0 Å². The van der Waals surface area contributed by atoms with Crippen molar-refractivity contribution in [2.75, 3.05) is 24.5 Å². The van der Waals surface area contributed by atoms with Crippen molar-refractivity contribution in [1.82, 2.24) is 15.6 Å². The molecule has 0 radical (unpaired) electrons. The summed E-state index contributed by atoms with van der Waals surface area (Å²) < 4.78 is 5.16. The number of carbonyl (C=O) groups excluding carboxylic acids is 1. The lowest BCUT2D eigenvalue weighted by molar-refractivity contribution is -0.108. The molecule has 2 N–H and O–H groups in total. The highest BCUT2D eigenvalue weighted by Gasteiger charge is 2.28. The van der Waals surface area contributed by atoms with Gasteiger partial charge in [-0.2, -0.15) is 0 Å². The van der Waals surface area contributed by atoms with Gasteiger partial charge in [0, 0.05) is 37.0 Å². The van der Waals surface area contributed by atoms with Gasteiger partial charge in [0.25, 0.3) is 0 Å². The molecule has 1 aliphatic rings. The minimum absolute atomic E-state index is 0.170. The molecule has 7 nitrogen and oxygen atoms in total. The van der Waals surface area contributed by atoms with Gasteiger partial charge in [-0.15, -0.1) is 16.9 Å². The molecule has 2 aromatic carbocycles. The molecule has 34 heavy (non-hydrogen) atoms. The zero-order valence-corrected chi connectivity index (χ0v) is 20.2. The number of nitrogens with one attached hydrogen (secondary N) is 2. The van der Waals surface area contributed by atoms with Gasteiger partial charge in [-0.1, -0.05) is 36.4 Å². The van der Waals surface area contributed by atoms with E-state index in [-0.39, 0.29) is 6.17 Å². The van der Waals surface area contributed by atoms with Crippen LogP contribution < -0.4 is 15.6 Å². The van der Waals surface area contributed by atoms with Crippen LogP contribution >= 0.6 is 11.8 Å². The van der Waals surface area contributed by atoms with E-state index in [4.69, 9.17) is 4.74 Å². The average Bonchev–Trinajstić information content (AvgIpc) is 3.26. The first kappa shape index (κ1) is 23.8. The fourth-order valence-electron chi connectivity index (χ4n) is 3.84. The Hall–Kier alpha value is -3.36. The van der Waals surface area contributed by atoms with Crippen molar-refractivity contribution in [3.63, 3.8) is 0 Å². The number of nitrogens with zero attached hydrogens (tertiary/aromatic N) is 3. The van der Waals surface area contributed by atoms with Crippen molar-refractivity contribution in [1.29, 1.82) is 0 Å². The Labute approximate surface area is 204 Å². The molecule has 176 valence electrons. The number of hydrazone groups is 1. The Bertz CT molecular complexity index is 1140. The highest BCUT2D eigenvalue weighted by Crippen LogP contribution is 2.31. The molecule has 0 saturated carbocycles. The maximum Gasteiger partial charge on any atom is 0.222 e. The summed E-state index contributed by atoms with van der Waals surface area (Å²) in [7, 11) is 1.73. The lowest BCUT2D eigenvalue weighted by Crippen LogP contribution is -2.43. The summed E-state index contributed by atoms with van der Waals surface area (Å²) in [6, 6.07) is 20.8. The molecule has 0 bridgehead atoms. The summed E-state index contributed by atoms with van der Waals surface area (Å²) in [4.78, 5) is 16.8. The molecule has 0 spiro atoms. The molecule has 8 heteroatoms. The number of thioether (sulfide) groups is 1. The zero-order valence-electron chi connectivity index (χ0n) is 19.4. The topological polar surface area (TPSA) is 78.8 Å². The first-order valence-electron chi connectivity index (χ1n) is 11.2. The first-order chi connectivity index (χ1) is 16.7. The molecule has 1 aliphatic heterocycles. The van der Waals surface area contributed by atoms with E-state index in [1.165, 1.54) is 16.0 Å². The third-order valence-electron chi connectivity index (χ3n) is 5.54. The maximum absolute atomic E-state index is 11.0. The van der Waals surface area contributed by atoms with Crippen LogP contribution in [0.25, 0.3) is 11.1 Å². The molecule has 1 aromatic heterocycles. The summed E-state index contributed by atoms with van der Waals surface area (Å²) in [6.07, 6.45) is 3.98. The molecule has 1 amide bonds. The van der Waals surface area contributed by atoms with Crippen molar-refractivity contribution in [2.45, 2.75) is 30.8 Å². The number of rotatable bonds is 10. The van der Waals surface area contributed by atoms with E-state index >= 15 is 0 Å². The van der Waals surface area contributed by atoms with Crippen molar-refractivity contribution < 1.29 is 9.53 Å². The third kappa shape index (κ3) is 5.95. The SMILES string of the molecule is COCCCSc1ccc(C)c(-c2ccnc(N3N=C(NC=O)NC3Cc3ccccc3)c2)c1. The van der Waals surface area contributed by atoms with Crippen LogP contribution in [0.4, 0.5) is 5.82 Å². The van der Waals surface area contributed by atoms with Crippen molar-refractivity contribution in [3.8, 4) is 11.1 Å². The van der Waals surface area contributed by atoms with Gasteiger partial charge in [0.2, 0.25) is 12.4 Å². The van der Waals surface area contributed by atoms with Gasteiger partial charge in [-0.3, -0.25) is 10.1 Å². The van der Waals surface area contributed by atoms with E-state index in [1.54, 1.807) is 7.11 Å². The van der Waals surface area contributed by atoms with Gasteiger partial charge in [0.05, 0.1) is 0 Å². The smallest absolute Gasteiger partial charge is 0.222 e. The van der Waals surface area contributed by atoms with Crippen LogP contribution in [0.1, 0.15) is 17.5 Å². The van der Waals surface area contributed by atoms with Crippen LogP contribution in [0.5, 0.6) is 0 Å². The zero-order chi connectivity index (χ0) is 23.8. The average molecular weight is 476 g/mol. The molecular formula is C26H29N5O2S. The number of aromatic nitrogens is 1. The van der Waals surface area contributed by atoms with E-state index in [0.29, 0.717) is 24.6 Å². The van der Waals surface area contributed by atoms with Crippen LogP contribution in [-0.4, -0.2) is 43.0 Å². The lowest BCUT2D eigenvalue weighted by atomic mass is 10.0. The van der Waals surface area contributed by atoms with Gasteiger partial charge in [0.15, 0.2) is 5.82 Å². The largest absolute Gasteiger partial charge is 0.385 e. The van der Waals surface area contributed by atoms with E-state index in [1.807, 2.05) is 47.2 Å². The van der Waals surface area contributed by atoms with E-state index in [2.05, 4.69) is 64.0 Å². The van der Waals surface area contributed by atoms with E-state index in [9.17, 15) is 4.79 Å². The number of hydrogen-bond donors (Lipinski definition) is 2. The highest BCUT2D eigenvalue weighted by atomic mass is 32.2. The predicted molar refractivity (Wildman–Crippen MR) is 138 cm³/mol. The Kier molecular flexibility index (Phi) is 8.17. The number of guanidine groups is 1. The minimum Gasteiger partial charge on any atom is -0.385 e. The van der Waals surface area contributed by atoms with Gasteiger partial charge in [-0.25, -0.2) is 9.99 Å². The Morgan fingerprint density at radius 2 is 2.03 bits per heavy atom. The standard InChI is InChI=1S/C26H29N5O2S/c1-19-9-10-22(34-14-6-13-33-2)17-23(19)21-11-12-27-24(16-21)31-25(29-26(30-31)28-18-32)15-20-7-4-3-5-8-20/h3-5,7-12,16-18,25H,6,13-15H2,1-2H3,(H2,28,29,30,32). The second-order valence-corrected chi connectivity index (χ2v) is 9.15. The lowest BCUT2D eigenvalue weighted by Gasteiger charge is -2.23. The minimum atomic E-state index is -0.170. The van der Waals surface area contributed by atoms with Crippen molar-refractivity contribution in [3.05, 3.63) is 78.0 Å². The number of carbonyl (C=O) groups is 1. The van der Waals surface area contributed by atoms with Gasteiger partial charge >= 0.3 is 0 Å². The van der Waals surface area contributed by atoms with E-state index in [0.717, 1.165) is 29.9 Å². The van der Waals surface area contributed by atoms with Crippen LogP contribution in [0.15, 0.2) is 76.9 Å². The molecule has 1 atom stereocenters. The number of anilines is 1.